The Hall–Kier alpha value is -2.10. The van der Waals surface area contributed by atoms with Crippen LogP contribution in [0, 0.1) is 22.7 Å². The summed E-state index contributed by atoms with van der Waals surface area (Å²) in [5, 5.41) is 0.887. The van der Waals surface area contributed by atoms with Gasteiger partial charge in [0.05, 0.1) is 6.61 Å². The largest absolute Gasteiger partial charge is 0.493 e. The lowest BCUT2D eigenvalue weighted by Gasteiger charge is -2.56. The van der Waals surface area contributed by atoms with Gasteiger partial charge in [0.15, 0.2) is 0 Å². The molecule has 144 valence electrons. The van der Waals surface area contributed by atoms with Gasteiger partial charge in [-0.25, -0.2) is 4.79 Å². The molecule has 4 rings (SSSR count). The number of rotatable bonds is 3. The molecular weight excluding hydrogens is 340 g/mol. The van der Waals surface area contributed by atoms with E-state index in [9.17, 15) is 9.59 Å². The van der Waals surface area contributed by atoms with Crippen molar-refractivity contribution in [3.63, 3.8) is 0 Å². The molecule has 2 fully saturated rings. The highest BCUT2D eigenvalue weighted by atomic mass is 16.5. The van der Waals surface area contributed by atoms with E-state index in [4.69, 9.17) is 9.15 Å². The summed E-state index contributed by atoms with van der Waals surface area (Å²) in [4.78, 5) is 23.8. The van der Waals surface area contributed by atoms with E-state index in [1.165, 1.54) is 6.07 Å². The molecule has 4 atom stereocenters. The van der Waals surface area contributed by atoms with Crippen molar-refractivity contribution in [2.75, 3.05) is 6.61 Å². The maximum Gasteiger partial charge on any atom is 0.336 e. The number of hydrogen-bond donors (Lipinski definition) is 0. The highest BCUT2D eigenvalue weighted by molar-refractivity contribution is 5.82. The normalized spacial score (nSPS) is 33.7. The second-order valence-corrected chi connectivity index (χ2v) is 9.04. The average Bonchev–Trinajstić information content (AvgIpc) is 2.64. The molecule has 0 radical (unpaired) electrons. The molecule has 2 aliphatic rings. The Morgan fingerprint density at radius 3 is 2.74 bits per heavy atom. The molecule has 2 aromatic rings. The Morgan fingerprint density at radius 2 is 1.93 bits per heavy atom. The van der Waals surface area contributed by atoms with Gasteiger partial charge < -0.3 is 9.15 Å². The van der Waals surface area contributed by atoms with E-state index in [2.05, 4.69) is 20.8 Å². The topological polar surface area (TPSA) is 56.5 Å². The molecule has 1 aromatic heterocycles. The fraction of sp³-hybridized carbons (Fsp3) is 0.565. The first kappa shape index (κ1) is 18.3. The lowest BCUT2D eigenvalue weighted by molar-refractivity contribution is -0.144. The summed E-state index contributed by atoms with van der Waals surface area (Å²) in [5.41, 5.74) is 0.321. The molecule has 1 heterocycles. The summed E-state index contributed by atoms with van der Waals surface area (Å²) in [6.07, 6.45) is 5.04. The van der Waals surface area contributed by atoms with Crippen LogP contribution in [0.4, 0.5) is 0 Å². The monoisotopic (exact) mass is 368 g/mol. The molecule has 4 nitrogen and oxygen atoms in total. The molecule has 0 aliphatic heterocycles. The first-order valence-corrected chi connectivity index (χ1v) is 10.0. The molecule has 0 amide bonds. The van der Waals surface area contributed by atoms with Gasteiger partial charge in [0, 0.05) is 35.3 Å². The summed E-state index contributed by atoms with van der Waals surface area (Å²) in [6.45, 7) is 7.36. The fourth-order valence-corrected chi connectivity index (χ4v) is 5.64. The van der Waals surface area contributed by atoms with Crippen LogP contribution in [0.25, 0.3) is 11.0 Å². The van der Waals surface area contributed by atoms with Gasteiger partial charge in [-0.3, -0.25) is 4.79 Å². The zero-order chi connectivity index (χ0) is 19.2. The van der Waals surface area contributed by atoms with Crippen LogP contribution in [0.1, 0.15) is 52.9 Å². The maximum atomic E-state index is 12.3. The van der Waals surface area contributed by atoms with Crippen molar-refractivity contribution in [1.29, 1.82) is 0 Å². The van der Waals surface area contributed by atoms with Crippen molar-refractivity contribution < 1.29 is 13.9 Å². The minimum atomic E-state index is -0.351. The van der Waals surface area contributed by atoms with Crippen molar-refractivity contribution in [3.05, 3.63) is 40.8 Å². The SMILES string of the molecule is C[C@@H]1C(=O)CC[C@@H]2[C@@](C)(COc3ccc4ccc(=O)oc4c3)CCC[C@]12C. The number of fused-ring (bicyclic) bond motifs is 2. The number of Topliss-reactive ketones (excluding diaryl/α,β-unsaturated/α-hetero) is 1. The van der Waals surface area contributed by atoms with Crippen molar-refractivity contribution in [2.45, 2.75) is 52.9 Å². The van der Waals surface area contributed by atoms with Crippen LogP contribution in [0.2, 0.25) is 0 Å². The Balaban J connectivity index is 1.56. The van der Waals surface area contributed by atoms with Crippen LogP contribution in [-0.4, -0.2) is 12.4 Å². The minimum Gasteiger partial charge on any atom is -0.493 e. The van der Waals surface area contributed by atoms with Crippen LogP contribution in [-0.2, 0) is 4.79 Å². The molecule has 27 heavy (non-hydrogen) atoms. The van der Waals surface area contributed by atoms with E-state index in [-0.39, 0.29) is 22.4 Å². The van der Waals surface area contributed by atoms with E-state index in [1.807, 2.05) is 12.1 Å². The summed E-state index contributed by atoms with van der Waals surface area (Å²) >= 11 is 0. The molecule has 0 bridgehead atoms. The molecule has 0 spiro atoms. The number of carbonyl (C=O) groups excluding carboxylic acids is 1. The summed E-state index contributed by atoms with van der Waals surface area (Å²) in [5.74, 6) is 1.77. The Labute approximate surface area is 159 Å². The van der Waals surface area contributed by atoms with Crippen molar-refractivity contribution >= 4 is 16.8 Å². The summed E-state index contributed by atoms with van der Waals surface area (Å²) in [7, 11) is 0. The van der Waals surface area contributed by atoms with Gasteiger partial charge >= 0.3 is 5.63 Å². The molecule has 1 aromatic carbocycles. The maximum absolute atomic E-state index is 12.3. The third-order valence-electron chi connectivity index (χ3n) is 7.42. The lowest BCUT2D eigenvalue weighted by atomic mass is 9.48. The average molecular weight is 368 g/mol. The first-order chi connectivity index (χ1) is 12.8. The number of ether oxygens (including phenoxy) is 1. The third kappa shape index (κ3) is 3.09. The zero-order valence-electron chi connectivity index (χ0n) is 16.4. The molecule has 2 saturated carbocycles. The molecule has 4 heteroatoms. The van der Waals surface area contributed by atoms with Crippen molar-refractivity contribution in [2.24, 2.45) is 22.7 Å². The van der Waals surface area contributed by atoms with Crippen LogP contribution >= 0.6 is 0 Å². The van der Waals surface area contributed by atoms with E-state index < -0.39 is 0 Å². The van der Waals surface area contributed by atoms with Crippen LogP contribution in [0.5, 0.6) is 5.75 Å². The smallest absolute Gasteiger partial charge is 0.336 e. The number of carbonyl (C=O) groups is 1. The Kier molecular flexibility index (Phi) is 4.40. The second-order valence-electron chi connectivity index (χ2n) is 9.04. The van der Waals surface area contributed by atoms with Crippen molar-refractivity contribution in [3.8, 4) is 5.75 Å². The van der Waals surface area contributed by atoms with Crippen molar-refractivity contribution in [1.82, 2.24) is 0 Å². The number of hydrogen-bond acceptors (Lipinski definition) is 4. The third-order valence-corrected chi connectivity index (χ3v) is 7.42. The molecule has 2 aliphatic carbocycles. The van der Waals surface area contributed by atoms with E-state index in [0.717, 1.165) is 36.8 Å². The lowest BCUT2D eigenvalue weighted by Crippen LogP contribution is -2.53. The second kappa shape index (κ2) is 6.50. The molecule has 0 unspecified atom stereocenters. The van der Waals surface area contributed by atoms with Gasteiger partial charge in [-0.05, 0) is 48.8 Å². The van der Waals surface area contributed by atoms with Gasteiger partial charge in [-0.1, -0.05) is 27.2 Å². The molecule has 0 N–H and O–H groups in total. The van der Waals surface area contributed by atoms with Gasteiger partial charge in [-0.15, -0.1) is 0 Å². The van der Waals surface area contributed by atoms with Crippen LogP contribution in [0.15, 0.2) is 39.5 Å². The molecule has 0 saturated heterocycles. The van der Waals surface area contributed by atoms with Crippen LogP contribution in [0.3, 0.4) is 0 Å². The first-order valence-electron chi connectivity index (χ1n) is 10.0. The predicted molar refractivity (Wildman–Crippen MR) is 105 cm³/mol. The minimum absolute atomic E-state index is 0.0500. The van der Waals surface area contributed by atoms with E-state index in [0.29, 0.717) is 30.3 Å². The fourth-order valence-electron chi connectivity index (χ4n) is 5.64. The van der Waals surface area contributed by atoms with Gasteiger partial charge in [0.1, 0.15) is 17.1 Å². The summed E-state index contributed by atoms with van der Waals surface area (Å²) in [6, 6.07) is 8.84. The number of benzene rings is 1. The van der Waals surface area contributed by atoms with Gasteiger partial charge in [0.2, 0.25) is 0 Å². The molecular formula is C23H28O4. The highest BCUT2D eigenvalue weighted by Crippen LogP contribution is 2.59. The Bertz CT molecular complexity index is 929. The van der Waals surface area contributed by atoms with Gasteiger partial charge in [0.25, 0.3) is 0 Å². The number of ketones is 1. The highest BCUT2D eigenvalue weighted by Gasteiger charge is 2.54. The Morgan fingerprint density at radius 1 is 1.15 bits per heavy atom. The van der Waals surface area contributed by atoms with E-state index in [1.54, 1.807) is 12.1 Å². The van der Waals surface area contributed by atoms with Crippen LogP contribution < -0.4 is 10.4 Å². The standard InChI is InChI=1S/C23H28O4/c1-15-18(24)8-9-20-22(2,11-4-12-23(15,20)3)14-26-17-7-5-16-6-10-21(25)27-19(16)13-17/h5-7,10,13,15,20H,4,8-9,11-12,14H2,1-3H3/t15-,20-,22-,23-/m1/s1. The summed E-state index contributed by atoms with van der Waals surface area (Å²) < 4.78 is 11.5. The predicted octanol–water partition coefficient (Wildman–Crippen LogP) is 4.98. The van der Waals surface area contributed by atoms with Gasteiger partial charge in [-0.2, -0.15) is 0 Å². The zero-order valence-corrected chi connectivity index (χ0v) is 16.4. The quantitative estimate of drug-likeness (QED) is 0.717. The van der Waals surface area contributed by atoms with E-state index >= 15 is 0 Å².